The molecule has 1 saturated carbocycles. The molecule has 27 heavy (non-hydrogen) atoms. The highest BCUT2D eigenvalue weighted by Gasteiger charge is 2.42. The molecule has 1 unspecified atom stereocenters. The molecule has 5 N–H and O–H groups in total. The van der Waals surface area contributed by atoms with Crippen LogP contribution in [0.3, 0.4) is 0 Å². The van der Waals surface area contributed by atoms with Crippen LogP contribution in [0.2, 0.25) is 0 Å². The quantitative estimate of drug-likeness (QED) is 0.244. The van der Waals surface area contributed by atoms with E-state index in [1.54, 1.807) is 17.0 Å². The fraction of sp³-hybridized carbons (Fsp3) is 0.812. The topological polar surface area (TPSA) is 147 Å². The van der Waals surface area contributed by atoms with E-state index in [4.69, 9.17) is 15.9 Å². The SMILES string of the molecule is CS(=O)CC[C@H](N)CSSCC1(C(=O)N[C@@H](CC(=O)O)C(=O)O)CCCC1. The Hall–Kier alpha value is -0.780. The Morgan fingerprint density at radius 3 is 2.37 bits per heavy atom. The molecule has 0 aromatic carbocycles. The summed E-state index contributed by atoms with van der Waals surface area (Å²) in [4.78, 5) is 34.7. The molecule has 1 rings (SSSR count). The summed E-state index contributed by atoms with van der Waals surface area (Å²) in [6.45, 7) is 0. The average Bonchev–Trinajstić information content (AvgIpc) is 3.06. The third-order valence-corrected chi connectivity index (χ3v) is 7.98. The van der Waals surface area contributed by atoms with Gasteiger partial charge in [0, 0.05) is 40.4 Å². The zero-order valence-corrected chi connectivity index (χ0v) is 17.8. The smallest absolute Gasteiger partial charge is 0.326 e. The summed E-state index contributed by atoms with van der Waals surface area (Å²) in [5.41, 5.74) is 5.32. The highest BCUT2D eigenvalue weighted by molar-refractivity contribution is 8.76. The fourth-order valence-electron chi connectivity index (χ4n) is 2.87. The van der Waals surface area contributed by atoms with Crippen molar-refractivity contribution in [3.8, 4) is 0 Å². The van der Waals surface area contributed by atoms with Crippen LogP contribution < -0.4 is 11.1 Å². The van der Waals surface area contributed by atoms with Gasteiger partial charge >= 0.3 is 11.9 Å². The van der Waals surface area contributed by atoms with Gasteiger partial charge in [-0.3, -0.25) is 13.8 Å². The fourth-order valence-corrected chi connectivity index (χ4v) is 6.41. The summed E-state index contributed by atoms with van der Waals surface area (Å²) in [5, 5.41) is 20.4. The molecule has 0 bridgehead atoms. The van der Waals surface area contributed by atoms with E-state index in [-0.39, 0.29) is 11.9 Å². The molecule has 0 radical (unpaired) electrons. The lowest BCUT2D eigenvalue weighted by Gasteiger charge is -2.28. The predicted molar refractivity (Wildman–Crippen MR) is 109 cm³/mol. The molecule has 3 atom stereocenters. The molecule has 1 amide bonds. The summed E-state index contributed by atoms with van der Waals surface area (Å²) >= 11 is 0. The first-order chi connectivity index (χ1) is 12.7. The molecule has 0 aliphatic heterocycles. The van der Waals surface area contributed by atoms with Crippen LogP contribution in [0, 0.1) is 5.41 Å². The van der Waals surface area contributed by atoms with Crippen LogP contribution in [0.4, 0.5) is 0 Å². The van der Waals surface area contributed by atoms with E-state index in [1.807, 2.05) is 0 Å². The van der Waals surface area contributed by atoms with Gasteiger partial charge in [-0.1, -0.05) is 34.4 Å². The van der Waals surface area contributed by atoms with Crippen LogP contribution >= 0.6 is 21.6 Å². The van der Waals surface area contributed by atoms with Crippen LogP contribution in [-0.2, 0) is 25.2 Å². The first-order valence-electron chi connectivity index (χ1n) is 8.72. The van der Waals surface area contributed by atoms with E-state index in [1.165, 1.54) is 10.8 Å². The molecule has 1 aliphatic carbocycles. The van der Waals surface area contributed by atoms with Crippen molar-refractivity contribution in [1.29, 1.82) is 0 Å². The summed E-state index contributed by atoms with van der Waals surface area (Å²) in [5.74, 6) is -1.23. The summed E-state index contributed by atoms with van der Waals surface area (Å²) in [7, 11) is 2.22. The van der Waals surface area contributed by atoms with Crippen LogP contribution in [0.25, 0.3) is 0 Å². The van der Waals surface area contributed by atoms with Crippen LogP contribution in [0.15, 0.2) is 0 Å². The number of carbonyl (C=O) groups excluding carboxylic acids is 1. The number of carboxylic acid groups (broad SMARTS) is 2. The molecular weight excluding hydrogens is 412 g/mol. The van der Waals surface area contributed by atoms with Gasteiger partial charge in [0.25, 0.3) is 0 Å². The van der Waals surface area contributed by atoms with Crippen molar-refractivity contribution in [1.82, 2.24) is 5.32 Å². The van der Waals surface area contributed by atoms with Crippen molar-refractivity contribution in [2.24, 2.45) is 11.1 Å². The lowest BCUT2D eigenvalue weighted by atomic mass is 9.87. The lowest BCUT2D eigenvalue weighted by Crippen LogP contribution is -2.49. The molecule has 156 valence electrons. The summed E-state index contributed by atoms with van der Waals surface area (Å²) in [6, 6.07) is -1.49. The van der Waals surface area contributed by atoms with Crippen molar-refractivity contribution in [2.45, 2.75) is 50.6 Å². The van der Waals surface area contributed by atoms with Gasteiger partial charge in [-0.25, -0.2) is 4.79 Å². The highest BCUT2D eigenvalue weighted by atomic mass is 33.1. The predicted octanol–water partition coefficient (Wildman–Crippen LogP) is 1.07. The van der Waals surface area contributed by atoms with Crippen LogP contribution in [-0.4, -0.2) is 67.9 Å². The molecule has 8 nitrogen and oxygen atoms in total. The maximum absolute atomic E-state index is 12.7. The minimum atomic E-state index is -1.42. The second kappa shape index (κ2) is 11.9. The average molecular weight is 441 g/mol. The van der Waals surface area contributed by atoms with Gasteiger partial charge in [-0.15, -0.1) is 0 Å². The van der Waals surface area contributed by atoms with Gasteiger partial charge in [0.2, 0.25) is 5.91 Å². The molecule has 11 heteroatoms. The maximum atomic E-state index is 12.7. The minimum Gasteiger partial charge on any atom is -0.481 e. The zero-order chi connectivity index (χ0) is 20.4. The molecule has 1 fully saturated rings. The van der Waals surface area contributed by atoms with E-state index in [2.05, 4.69) is 5.32 Å². The zero-order valence-electron chi connectivity index (χ0n) is 15.3. The molecule has 0 aromatic rings. The third kappa shape index (κ3) is 8.84. The minimum absolute atomic E-state index is 0.0632. The maximum Gasteiger partial charge on any atom is 0.326 e. The lowest BCUT2D eigenvalue weighted by molar-refractivity contribution is -0.148. The standard InChI is InChI=1S/C16H28N2O6S3/c1-27(24)7-4-11(17)9-25-26-10-16(5-2-3-6-16)15(23)18-12(14(21)22)8-13(19)20/h11-12H,2-10,17H2,1H3,(H,18,23)(H,19,20)(H,21,22)/t11-,12-,27?/m0/s1. The van der Waals surface area contributed by atoms with E-state index >= 15 is 0 Å². The molecule has 1 aliphatic rings. The third-order valence-electron chi connectivity index (χ3n) is 4.50. The molecule has 0 heterocycles. The number of hydrogen-bond donors (Lipinski definition) is 4. The number of hydrogen-bond acceptors (Lipinski definition) is 7. The highest BCUT2D eigenvalue weighted by Crippen LogP contribution is 2.43. The Kier molecular flexibility index (Phi) is 10.7. The number of amides is 1. The van der Waals surface area contributed by atoms with Crippen molar-refractivity contribution >= 4 is 50.2 Å². The van der Waals surface area contributed by atoms with Gasteiger partial charge in [0.05, 0.1) is 11.8 Å². The Bertz CT molecular complexity index is 554. The number of nitrogens with one attached hydrogen (secondary N) is 1. The number of nitrogens with two attached hydrogens (primary N) is 1. The van der Waals surface area contributed by atoms with Gasteiger partial charge < -0.3 is 21.3 Å². The van der Waals surface area contributed by atoms with Crippen molar-refractivity contribution in [3.63, 3.8) is 0 Å². The Balaban J connectivity index is 2.54. The van der Waals surface area contributed by atoms with Gasteiger partial charge in [-0.2, -0.15) is 0 Å². The van der Waals surface area contributed by atoms with E-state index in [0.29, 0.717) is 36.5 Å². The normalized spacial score (nSPS) is 19.2. The van der Waals surface area contributed by atoms with Crippen LogP contribution in [0.5, 0.6) is 0 Å². The van der Waals surface area contributed by atoms with Crippen molar-refractivity contribution in [2.75, 3.05) is 23.5 Å². The Morgan fingerprint density at radius 1 is 1.22 bits per heavy atom. The van der Waals surface area contributed by atoms with Crippen LogP contribution in [0.1, 0.15) is 38.5 Å². The van der Waals surface area contributed by atoms with Gasteiger partial charge in [0.15, 0.2) is 0 Å². The summed E-state index contributed by atoms with van der Waals surface area (Å²) < 4.78 is 11.1. The number of carbonyl (C=O) groups is 3. The second-order valence-electron chi connectivity index (χ2n) is 6.82. The van der Waals surface area contributed by atoms with Crippen molar-refractivity contribution in [3.05, 3.63) is 0 Å². The van der Waals surface area contributed by atoms with E-state index < -0.39 is 40.6 Å². The largest absolute Gasteiger partial charge is 0.481 e. The number of rotatable bonds is 13. The van der Waals surface area contributed by atoms with E-state index in [9.17, 15) is 18.6 Å². The number of aliphatic carboxylic acids is 2. The Morgan fingerprint density at radius 2 is 1.85 bits per heavy atom. The second-order valence-corrected chi connectivity index (χ2v) is 10.9. The Labute approximate surface area is 169 Å². The van der Waals surface area contributed by atoms with Gasteiger partial charge in [0.1, 0.15) is 6.04 Å². The molecular formula is C16H28N2O6S3. The summed E-state index contributed by atoms with van der Waals surface area (Å²) in [6.07, 6.45) is 4.77. The first kappa shape index (κ1) is 24.3. The molecule has 0 saturated heterocycles. The molecule has 0 spiro atoms. The number of carboxylic acids is 2. The first-order valence-corrected chi connectivity index (χ1v) is 12.9. The monoisotopic (exact) mass is 440 g/mol. The van der Waals surface area contributed by atoms with Gasteiger partial charge in [-0.05, 0) is 19.3 Å². The molecule has 0 aromatic heterocycles. The van der Waals surface area contributed by atoms with Crippen molar-refractivity contribution < 1.29 is 28.8 Å². The van der Waals surface area contributed by atoms with E-state index in [0.717, 1.165) is 12.8 Å².